The highest BCUT2D eigenvalue weighted by Crippen LogP contribution is 2.24. The van der Waals surface area contributed by atoms with Crippen LogP contribution < -0.4 is 5.32 Å². The Kier molecular flexibility index (Phi) is 4.65. The maximum atomic E-state index is 12.4. The molecular weight excluding hydrogens is 266 g/mol. The van der Waals surface area contributed by atoms with E-state index in [1.165, 1.54) is 0 Å². The van der Waals surface area contributed by atoms with Gasteiger partial charge in [0.2, 0.25) is 0 Å². The van der Waals surface area contributed by atoms with Crippen LogP contribution in [-0.2, 0) is 21.1 Å². The van der Waals surface area contributed by atoms with E-state index in [2.05, 4.69) is 5.32 Å². The van der Waals surface area contributed by atoms with Crippen LogP contribution >= 0.6 is 0 Å². The van der Waals surface area contributed by atoms with Crippen molar-refractivity contribution in [2.75, 3.05) is 13.2 Å². The Morgan fingerprint density at radius 1 is 1.53 bits per heavy atom. The number of sulfone groups is 1. The van der Waals surface area contributed by atoms with Gasteiger partial charge < -0.3 is 14.5 Å². The van der Waals surface area contributed by atoms with E-state index in [-0.39, 0.29) is 11.4 Å². The molecule has 0 saturated carbocycles. The van der Waals surface area contributed by atoms with Crippen molar-refractivity contribution in [2.24, 2.45) is 0 Å². The molecule has 1 aliphatic rings. The summed E-state index contributed by atoms with van der Waals surface area (Å²) in [6.07, 6.45) is 2.01. The average molecular weight is 287 g/mol. The Balaban J connectivity index is 1.86. The number of furan rings is 1. The van der Waals surface area contributed by atoms with Gasteiger partial charge in [-0.05, 0) is 32.4 Å². The Labute approximate surface area is 114 Å². The van der Waals surface area contributed by atoms with E-state index in [1.54, 1.807) is 13.2 Å². The molecule has 2 rings (SSSR count). The molecule has 0 bridgehead atoms. The van der Waals surface area contributed by atoms with E-state index in [4.69, 9.17) is 9.15 Å². The van der Waals surface area contributed by atoms with Crippen molar-refractivity contribution in [3.8, 4) is 0 Å². The molecule has 0 aromatic carbocycles. The highest BCUT2D eigenvalue weighted by atomic mass is 32.2. The fourth-order valence-corrected chi connectivity index (χ4v) is 4.35. The summed E-state index contributed by atoms with van der Waals surface area (Å²) in [6, 6.07) is 3.67. The lowest BCUT2D eigenvalue weighted by Gasteiger charge is -2.20. The molecular formula is C13H21NO4S. The quantitative estimate of drug-likeness (QED) is 0.855. The summed E-state index contributed by atoms with van der Waals surface area (Å²) < 4.78 is 35.3. The van der Waals surface area contributed by atoms with Gasteiger partial charge in [0.25, 0.3) is 0 Å². The van der Waals surface area contributed by atoms with Crippen LogP contribution in [0.4, 0.5) is 0 Å². The number of hydrogen-bond donors (Lipinski definition) is 1. The van der Waals surface area contributed by atoms with Crippen LogP contribution in [0.15, 0.2) is 22.8 Å². The van der Waals surface area contributed by atoms with E-state index < -0.39 is 15.1 Å². The van der Waals surface area contributed by atoms with E-state index in [9.17, 15) is 8.42 Å². The van der Waals surface area contributed by atoms with Gasteiger partial charge in [-0.15, -0.1) is 0 Å². The first-order valence-electron chi connectivity index (χ1n) is 6.59. The molecule has 0 radical (unpaired) electrons. The largest absolute Gasteiger partial charge is 0.468 e. The van der Waals surface area contributed by atoms with Gasteiger partial charge in [-0.2, -0.15) is 0 Å². The number of nitrogens with one attached hydrogen (secondary N) is 1. The van der Waals surface area contributed by atoms with Crippen LogP contribution in [0.25, 0.3) is 0 Å². The van der Waals surface area contributed by atoms with Crippen LogP contribution in [0.1, 0.15) is 26.0 Å². The molecule has 19 heavy (non-hydrogen) atoms. The molecule has 1 aliphatic heterocycles. The van der Waals surface area contributed by atoms with E-state index in [0.717, 1.165) is 5.76 Å². The lowest BCUT2D eigenvalue weighted by molar-refractivity contribution is 0.126. The minimum Gasteiger partial charge on any atom is -0.468 e. The molecule has 1 saturated heterocycles. The van der Waals surface area contributed by atoms with Gasteiger partial charge in [0.05, 0.1) is 29.4 Å². The lowest BCUT2D eigenvalue weighted by Crippen LogP contribution is -2.39. The monoisotopic (exact) mass is 287 g/mol. The van der Waals surface area contributed by atoms with Gasteiger partial charge in [-0.1, -0.05) is 0 Å². The van der Waals surface area contributed by atoms with Crippen LogP contribution in [-0.4, -0.2) is 38.2 Å². The second kappa shape index (κ2) is 6.07. The summed E-state index contributed by atoms with van der Waals surface area (Å²) in [5.74, 6) is 0.808. The smallest absolute Gasteiger partial charge is 0.159 e. The van der Waals surface area contributed by atoms with Crippen molar-refractivity contribution in [3.05, 3.63) is 24.2 Å². The van der Waals surface area contributed by atoms with Gasteiger partial charge in [0, 0.05) is 13.2 Å². The van der Waals surface area contributed by atoms with E-state index >= 15 is 0 Å². The van der Waals surface area contributed by atoms with Crippen LogP contribution in [0.2, 0.25) is 0 Å². The number of hydrogen-bond acceptors (Lipinski definition) is 5. The average Bonchev–Trinajstić information content (AvgIpc) is 3.00. The summed E-state index contributed by atoms with van der Waals surface area (Å²) in [4.78, 5) is 0. The van der Waals surface area contributed by atoms with Gasteiger partial charge in [0.15, 0.2) is 9.84 Å². The zero-order valence-corrected chi connectivity index (χ0v) is 12.2. The third kappa shape index (κ3) is 3.38. The zero-order valence-electron chi connectivity index (χ0n) is 11.3. The van der Waals surface area contributed by atoms with Crippen LogP contribution in [0.5, 0.6) is 0 Å². The molecule has 5 nitrogen and oxygen atoms in total. The highest BCUT2D eigenvalue weighted by molar-refractivity contribution is 7.92. The number of rotatable bonds is 6. The molecule has 1 fully saturated rings. The molecule has 0 aliphatic carbocycles. The SMILES string of the molecule is CC1OCCC1S(=O)(=O)C(C)CNCc1ccco1. The summed E-state index contributed by atoms with van der Waals surface area (Å²) in [5.41, 5.74) is 0. The maximum absolute atomic E-state index is 12.4. The molecule has 6 heteroatoms. The Bertz CT molecular complexity index is 483. The van der Waals surface area contributed by atoms with Crippen LogP contribution in [0, 0.1) is 0 Å². The van der Waals surface area contributed by atoms with Gasteiger partial charge in [-0.3, -0.25) is 0 Å². The first kappa shape index (κ1) is 14.6. The van der Waals surface area contributed by atoms with Gasteiger partial charge in [-0.25, -0.2) is 8.42 Å². The normalized spacial score (nSPS) is 25.6. The fraction of sp³-hybridized carbons (Fsp3) is 0.692. The Morgan fingerprint density at radius 2 is 2.32 bits per heavy atom. The topological polar surface area (TPSA) is 68.5 Å². The van der Waals surface area contributed by atoms with E-state index in [1.807, 2.05) is 19.1 Å². The van der Waals surface area contributed by atoms with Crippen molar-refractivity contribution in [1.29, 1.82) is 0 Å². The predicted octanol–water partition coefficient (Wildman–Crippen LogP) is 1.35. The first-order valence-corrected chi connectivity index (χ1v) is 8.20. The van der Waals surface area contributed by atoms with Crippen molar-refractivity contribution >= 4 is 9.84 Å². The molecule has 1 aromatic rings. The summed E-state index contributed by atoms with van der Waals surface area (Å²) in [6.45, 7) is 5.08. The first-order chi connectivity index (χ1) is 9.01. The Morgan fingerprint density at radius 3 is 2.89 bits per heavy atom. The third-order valence-electron chi connectivity index (χ3n) is 3.60. The fourth-order valence-electron chi connectivity index (χ4n) is 2.37. The minimum atomic E-state index is -3.15. The molecule has 2 heterocycles. The minimum absolute atomic E-state index is 0.197. The van der Waals surface area contributed by atoms with Crippen molar-refractivity contribution in [2.45, 2.75) is 43.4 Å². The molecule has 3 unspecified atom stereocenters. The van der Waals surface area contributed by atoms with Crippen molar-refractivity contribution in [3.63, 3.8) is 0 Å². The second-order valence-corrected chi connectivity index (χ2v) is 7.60. The van der Waals surface area contributed by atoms with Crippen molar-refractivity contribution in [1.82, 2.24) is 5.32 Å². The van der Waals surface area contributed by atoms with Crippen LogP contribution in [0.3, 0.4) is 0 Å². The van der Waals surface area contributed by atoms with E-state index in [0.29, 0.717) is 26.1 Å². The molecule has 1 aromatic heterocycles. The Hall–Kier alpha value is -0.850. The molecule has 108 valence electrons. The number of ether oxygens (including phenoxy) is 1. The summed E-state index contributed by atoms with van der Waals surface area (Å²) in [5, 5.41) is 2.33. The highest BCUT2D eigenvalue weighted by Gasteiger charge is 2.38. The third-order valence-corrected chi connectivity index (χ3v) is 6.35. The zero-order chi connectivity index (χ0) is 13.9. The summed E-state index contributed by atoms with van der Waals surface area (Å²) >= 11 is 0. The second-order valence-electron chi connectivity index (χ2n) is 5.01. The molecule has 0 amide bonds. The molecule has 1 N–H and O–H groups in total. The summed E-state index contributed by atoms with van der Waals surface area (Å²) in [7, 11) is -3.15. The van der Waals surface area contributed by atoms with Gasteiger partial charge >= 0.3 is 0 Å². The molecule has 3 atom stereocenters. The predicted molar refractivity (Wildman–Crippen MR) is 72.6 cm³/mol. The maximum Gasteiger partial charge on any atom is 0.159 e. The lowest BCUT2D eigenvalue weighted by atomic mass is 10.3. The van der Waals surface area contributed by atoms with Gasteiger partial charge in [0.1, 0.15) is 5.76 Å². The standard InChI is InChI=1S/C13H21NO4S/c1-10(8-14-9-12-4-3-6-18-12)19(15,16)13-5-7-17-11(13)2/h3-4,6,10-11,13-14H,5,7-9H2,1-2H3. The van der Waals surface area contributed by atoms with Crippen molar-refractivity contribution < 1.29 is 17.6 Å². The molecule has 0 spiro atoms.